The van der Waals surface area contributed by atoms with Gasteiger partial charge in [0.25, 0.3) is 0 Å². The van der Waals surface area contributed by atoms with Crippen LogP contribution in [0.4, 0.5) is 5.82 Å². The van der Waals surface area contributed by atoms with Crippen LogP contribution < -0.4 is 10.2 Å². The van der Waals surface area contributed by atoms with Gasteiger partial charge < -0.3 is 10.2 Å². The monoisotopic (exact) mass is 260 g/mol. The molecule has 1 unspecified atom stereocenters. The maximum Gasteiger partial charge on any atom is 0.203 e. The quantitative estimate of drug-likeness (QED) is 0.889. The first kappa shape index (κ1) is 12.3. The van der Waals surface area contributed by atoms with Gasteiger partial charge in [0.1, 0.15) is 5.82 Å². The second kappa shape index (κ2) is 5.13. The Kier molecular flexibility index (Phi) is 3.33. The minimum atomic E-state index is 0.510. The Balaban J connectivity index is 1.94. The fraction of sp³-hybridized carbons (Fsp3) is 0.615. The van der Waals surface area contributed by atoms with Crippen molar-refractivity contribution in [2.45, 2.75) is 32.7 Å². The molecular formula is C13H20N6. The molecule has 1 N–H and O–H groups in total. The number of nitrogens with zero attached hydrogens (tertiary/aromatic N) is 5. The van der Waals surface area contributed by atoms with E-state index in [9.17, 15) is 0 Å². The summed E-state index contributed by atoms with van der Waals surface area (Å²) < 4.78 is 2.00. The molecule has 1 aliphatic rings. The van der Waals surface area contributed by atoms with Crippen LogP contribution in [0.5, 0.6) is 0 Å². The lowest BCUT2D eigenvalue weighted by Crippen LogP contribution is -2.38. The average molecular weight is 260 g/mol. The van der Waals surface area contributed by atoms with E-state index in [0.29, 0.717) is 6.04 Å². The largest absolute Gasteiger partial charge is 0.349 e. The van der Waals surface area contributed by atoms with E-state index in [0.717, 1.165) is 36.9 Å². The van der Waals surface area contributed by atoms with Crippen LogP contribution in [0, 0.1) is 6.92 Å². The lowest BCUT2D eigenvalue weighted by atomic mass is 10.2. The normalized spacial score (nSPS) is 19.5. The molecule has 0 aliphatic carbocycles. The van der Waals surface area contributed by atoms with Crippen molar-refractivity contribution in [3.63, 3.8) is 0 Å². The second-order valence-corrected chi connectivity index (χ2v) is 4.99. The number of aryl methyl sites for hydroxylation is 1. The summed E-state index contributed by atoms with van der Waals surface area (Å²) >= 11 is 0. The molecule has 1 fully saturated rings. The molecule has 102 valence electrons. The molecule has 6 heteroatoms. The molecule has 0 aromatic carbocycles. The molecule has 0 amide bonds. The fourth-order valence-corrected chi connectivity index (χ4v) is 2.77. The number of likely N-dealkylation sites (N-methyl/N-ethyl adjacent to an activating group) is 1. The minimum absolute atomic E-state index is 0.510. The lowest BCUT2D eigenvalue weighted by molar-refractivity contribution is 0.585. The van der Waals surface area contributed by atoms with Crippen molar-refractivity contribution in [3.8, 4) is 0 Å². The number of aromatic nitrogens is 4. The predicted molar refractivity (Wildman–Crippen MR) is 74.4 cm³/mol. The van der Waals surface area contributed by atoms with E-state index in [2.05, 4.69) is 32.3 Å². The van der Waals surface area contributed by atoms with Crippen LogP contribution in [0.15, 0.2) is 12.4 Å². The molecule has 1 aliphatic heterocycles. The van der Waals surface area contributed by atoms with Crippen molar-refractivity contribution in [2.75, 3.05) is 24.5 Å². The van der Waals surface area contributed by atoms with Gasteiger partial charge in [0.15, 0.2) is 5.82 Å². The van der Waals surface area contributed by atoms with Crippen LogP contribution in [0.1, 0.15) is 25.6 Å². The number of hydrogen-bond donors (Lipinski definition) is 1. The number of hydrogen-bond acceptors (Lipinski definition) is 5. The third-order valence-electron chi connectivity index (χ3n) is 3.76. The van der Waals surface area contributed by atoms with E-state index >= 15 is 0 Å². The number of nitrogens with one attached hydrogen (secondary N) is 1. The lowest BCUT2D eigenvalue weighted by Gasteiger charge is -2.25. The van der Waals surface area contributed by atoms with Crippen molar-refractivity contribution in [2.24, 2.45) is 0 Å². The fourth-order valence-electron chi connectivity index (χ4n) is 2.77. The summed E-state index contributed by atoms with van der Waals surface area (Å²) in [4.78, 5) is 6.90. The number of rotatable bonds is 4. The first-order valence-corrected chi connectivity index (χ1v) is 6.95. The third-order valence-corrected chi connectivity index (χ3v) is 3.76. The van der Waals surface area contributed by atoms with Gasteiger partial charge in [-0.2, -0.15) is 0 Å². The smallest absolute Gasteiger partial charge is 0.203 e. The van der Waals surface area contributed by atoms with E-state index < -0.39 is 0 Å². The first-order valence-electron chi connectivity index (χ1n) is 6.95. The second-order valence-electron chi connectivity index (χ2n) is 4.99. The van der Waals surface area contributed by atoms with E-state index in [1.165, 1.54) is 12.8 Å². The molecule has 1 atom stereocenters. The van der Waals surface area contributed by atoms with Crippen LogP contribution in [0.25, 0.3) is 5.65 Å². The summed E-state index contributed by atoms with van der Waals surface area (Å²) in [6, 6.07) is 0.510. The summed E-state index contributed by atoms with van der Waals surface area (Å²) in [5.74, 6) is 1.87. The zero-order valence-electron chi connectivity index (χ0n) is 11.5. The summed E-state index contributed by atoms with van der Waals surface area (Å²) in [6.45, 7) is 7.16. The standard InChI is InChI=1S/C13H20N6/c1-3-14-9-11-5-4-7-19(11)12-13-17-16-10(2)18(13)8-6-15-12/h6,8,11,14H,3-5,7,9H2,1-2H3. The van der Waals surface area contributed by atoms with E-state index in [1.54, 1.807) is 0 Å². The van der Waals surface area contributed by atoms with Crippen LogP contribution in [0.2, 0.25) is 0 Å². The van der Waals surface area contributed by atoms with Crippen molar-refractivity contribution in [3.05, 3.63) is 18.2 Å². The highest BCUT2D eigenvalue weighted by Gasteiger charge is 2.27. The van der Waals surface area contributed by atoms with E-state index in [4.69, 9.17) is 0 Å². The molecule has 0 spiro atoms. The predicted octanol–water partition coefficient (Wildman–Crippen LogP) is 1.01. The zero-order chi connectivity index (χ0) is 13.2. The Morgan fingerprint density at radius 2 is 2.32 bits per heavy atom. The van der Waals surface area contributed by atoms with E-state index in [1.807, 2.05) is 23.7 Å². The van der Waals surface area contributed by atoms with Gasteiger partial charge in [0, 0.05) is 31.5 Å². The van der Waals surface area contributed by atoms with Crippen molar-refractivity contribution in [1.29, 1.82) is 0 Å². The highest BCUT2D eigenvalue weighted by atomic mass is 15.3. The maximum absolute atomic E-state index is 4.54. The van der Waals surface area contributed by atoms with Crippen LogP contribution in [-0.2, 0) is 0 Å². The maximum atomic E-state index is 4.54. The number of fused-ring (bicyclic) bond motifs is 1. The summed E-state index contributed by atoms with van der Waals surface area (Å²) in [7, 11) is 0. The summed E-state index contributed by atoms with van der Waals surface area (Å²) in [5.41, 5.74) is 0.864. The average Bonchev–Trinajstić information content (AvgIpc) is 3.03. The highest BCUT2D eigenvalue weighted by molar-refractivity contribution is 5.64. The van der Waals surface area contributed by atoms with Gasteiger partial charge in [-0.3, -0.25) is 4.40 Å². The van der Waals surface area contributed by atoms with Crippen molar-refractivity contribution < 1.29 is 0 Å². The van der Waals surface area contributed by atoms with Gasteiger partial charge >= 0.3 is 0 Å². The Labute approximate surface area is 112 Å². The van der Waals surface area contributed by atoms with Gasteiger partial charge in [-0.15, -0.1) is 10.2 Å². The van der Waals surface area contributed by atoms with Crippen LogP contribution >= 0.6 is 0 Å². The molecule has 2 aromatic rings. The van der Waals surface area contributed by atoms with Gasteiger partial charge in [0.2, 0.25) is 5.65 Å². The third kappa shape index (κ3) is 2.16. The summed E-state index contributed by atoms with van der Waals surface area (Å²) in [5, 5.41) is 11.8. The molecule has 1 saturated heterocycles. The topological polar surface area (TPSA) is 58.4 Å². The van der Waals surface area contributed by atoms with Crippen molar-refractivity contribution in [1.82, 2.24) is 24.9 Å². The minimum Gasteiger partial charge on any atom is -0.349 e. The van der Waals surface area contributed by atoms with Crippen LogP contribution in [-0.4, -0.2) is 45.3 Å². The van der Waals surface area contributed by atoms with Gasteiger partial charge in [-0.05, 0) is 26.3 Å². The molecule has 0 saturated carbocycles. The molecule has 19 heavy (non-hydrogen) atoms. The molecule has 6 nitrogen and oxygen atoms in total. The molecule has 3 heterocycles. The summed E-state index contributed by atoms with van der Waals surface area (Å²) in [6.07, 6.45) is 6.18. The first-order chi connectivity index (χ1) is 9.31. The molecular weight excluding hydrogens is 240 g/mol. The Morgan fingerprint density at radius 3 is 3.16 bits per heavy atom. The SMILES string of the molecule is CCNCC1CCCN1c1nccn2c(C)nnc12. The molecule has 0 radical (unpaired) electrons. The molecule has 3 rings (SSSR count). The van der Waals surface area contributed by atoms with Gasteiger partial charge in [-0.25, -0.2) is 4.98 Å². The van der Waals surface area contributed by atoms with Crippen molar-refractivity contribution >= 4 is 11.5 Å². The molecule has 2 aromatic heterocycles. The van der Waals surface area contributed by atoms with Gasteiger partial charge in [0.05, 0.1) is 0 Å². The Hall–Kier alpha value is -1.69. The molecule has 0 bridgehead atoms. The number of anilines is 1. The zero-order valence-corrected chi connectivity index (χ0v) is 11.5. The Morgan fingerprint density at radius 1 is 1.42 bits per heavy atom. The van der Waals surface area contributed by atoms with Gasteiger partial charge in [-0.1, -0.05) is 6.92 Å². The van der Waals surface area contributed by atoms with E-state index in [-0.39, 0.29) is 0 Å². The highest BCUT2D eigenvalue weighted by Crippen LogP contribution is 2.26. The Bertz CT molecular complexity index is 563. The van der Waals surface area contributed by atoms with Crippen LogP contribution in [0.3, 0.4) is 0 Å².